The number of carbonyl (C=O) groups is 2. The van der Waals surface area contributed by atoms with Crippen molar-refractivity contribution in [3.8, 4) is 0 Å². The number of carboxylic acids is 1. The molecule has 2 rings (SSSR count). The Hall–Kier alpha value is -2.08. The van der Waals surface area contributed by atoms with Crippen molar-refractivity contribution in [2.45, 2.75) is 26.8 Å². The SMILES string of the molecule is Cc1cc(C)c(NC(=O)N2CCOCC2C)c(C(=O)O)c1. The Labute approximate surface area is 123 Å². The summed E-state index contributed by atoms with van der Waals surface area (Å²) >= 11 is 0. The molecular formula is C15H20N2O4. The van der Waals surface area contributed by atoms with Gasteiger partial charge in [-0.1, -0.05) is 6.07 Å². The van der Waals surface area contributed by atoms with Crippen LogP contribution in [0.25, 0.3) is 0 Å². The van der Waals surface area contributed by atoms with Crippen LogP contribution in [0.5, 0.6) is 0 Å². The first-order valence-corrected chi connectivity index (χ1v) is 6.90. The highest BCUT2D eigenvalue weighted by Crippen LogP contribution is 2.24. The lowest BCUT2D eigenvalue weighted by Gasteiger charge is -2.33. The number of aromatic carboxylic acids is 1. The maximum absolute atomic E-state index is 12.4. The van der Waals surface area contributed by atoms with Crippen molar-refractivity contribution in [1.29, 1.82) is 0 Å². The summed E-state index contributed by atoms with van der Waals surface area (Å²) in [6.07, 6.45) is 0. The van der Waals surface area contributed by atoms with E-state index in [0.29, 0.717) is 25.4 Å². The smallest absolute Gasteiger partial charge is 0.337 e. The van der Waals surface area contributed by atoms with Gasteiger partial charge in [0.2, 0.25) is 0 Å². The van der Waals surface area contributed by atoms with E-state index in [9.17, 15) is 14.7 Å². The molecule has 1 aromatic rings. The van der Waals surface area contributed by atoms with Crippen LogP contribution in [0.2, 0.25) is 0 Å². The second-order valence-corrected chi connectivity index (χ2v) is 5.36. The van der Waals surface area contributed by atoms with Crippen LogP contribution in [0, 0.1) is 13.8 Å². The first-order chi connectivity index (χ1) is 9.90. The predicted octanol–water partition coefficient (Wildman–Crippen LogP) is 2.25. The van der Waals surface area contributed by atoms with Gasteiger partial charge in [0, 0.05) is 6.54 Å². The van der Waals surface area contributed by atoms with E-state index in [2.05, 4.69) is 5.32 Å². The Morgan fingerprint density at radius 3 is 2.71 bits per heavy atom. The zero-order valence-electron chi connectivity index (χ0n) is 12.5. The van der Waals surface area contributed by atoms with Gasteiger partial charge >= 0.3 is 12.0 Å². The minimum Gasteiger partial charge on any atom is -0.478 e. The summed E-state index contributed by atoms with van der Waals surface area (Å²) in [7, 11) is 0. The van der Waals surface area contributed by atoms with Crippen LogP contribution >= 0.6 is 0 Å². The number of carbonyl (C=O) groups excluding carboxylic acids is 1. The first kappa shape index (κ1) is 15.3. The first-order valence-electron chi connectivity index (χ1n) is 6.90. The maximum Gasteiger partial charge on any atom is 0.337 e. The molecule has 1 aliphatic rings. The second kappa shape index (κ2) is 6.13. The topological polar surface area (TPSA) is 78.9 Å². The lowest BCUT2D eigenvalue weighted by molar-refractivity contribution is 0.0221. The summed E-state index contributed by atoms with van der Waals surface area (Å²) in [6.45, 7) is 7.01. The van der Waals surface area contributed by atoms with Gasteiger partial charge in [-0.05, 0) is 38.0 Å². The number of ether oxygens (including phenoxy) is 1. The van der Waals surface area contributed by atoms with Crippen molar-refractivity contribution in [1.82, 2.24) is 4.90 Å². The van der Waals surface area contributed by atoms with Gasteiger partial charge in [0.15, 0.2) is 0 Å². The van der Waals surface area contributed by atoms with E-state index < -0.39 is 5.97 Å². The molecule has 2 amide bonds. The van der Waals surface area contributed by atoms with Crippen LogP contribution in [0.1, 0.15) is 28.4 Å². The van der Waals surface area contributed by atoms with Gasteiger partial charge < -0.3 is 20.1 Å². The Morgan fingerprint density at radius 2 is 2.10 bits per heavy atom. The standard InChI is InChI=1S/C15H20N2O4/c1-9-6-10(2)13(12(7-9)14(18)19)16-15(20)17-4-5-21-8-11(17)3/h6-7,11H,4-5,8H2,1-3H3,(H,16,20)(H,18,19). The molecule has 21 heavy (non-hydrogen) atoms. The number of nitrogens with one attached hydrogen (secondary N) is 1. The third-order valence-corrected chi connectivity index (χ3v) is 3.57. The van der Waals surface area contributed by atoms with Crippen molar-refractivity contribution in [3.05, 3.63) is 28.8 Å². The van der Waals surface area contributed by atoms with Crippen LogP contribution in [0.15, 0.2) is 12.1 Å². The zero-order chi connectivity index (χ0) is 15.6. The summed E-state index contributed by atoms with van der Waals surface area (Å²) in [5.41, 5.74) is 2.06. The Morgan fingerprint density at radius 1 is 1.38 bits per heavy atom. The fourth-order valence-electron chi connectivity index (χ4n) is 2.51. The van der Waals surface area contributed by atoms with Crippen LogP contribution in [-0.4, -0.2) is 47.8 Å². The molecule has 1 aromatic carbocycles. The van der Waals surface area contributed by atoms with Crippen LogP contribution < -0.4 is 5.32 Å². The highest BCUT2D eigenvalue weighted by Gasteiger charge is 2.25. The summed E-state index contributed by atoms with van der Waals surface area (Å²) in [5.74, 6) is -1.05. The van der Waals surface area contributed by atoms with Crippen molar-refractivity contribution < 1.29 is 19.4 Å². The van der Waals surface area contributed by atoms with E-state index in [0.717, 1.165) is 11.1 Å². The van der Waals surface area contributed by atoms with E-state index in [1.807, 2.05) is 19.9 Å². The van der Waals surface area contributed by atoms with E-state index in [1.54, 1.807) is 17.9 Å². The quantitative estimate of drug-likeness (QED) is 0.876. The highest BCUT2D eigenvalue weighted by molar-refractivity contribution is 6.01. The molecule has 1 atom stereocenters. The minimum atomic E-state index is -1.05. The number of rotatable bonds is 2. The van der Waals surface area contributed by atoms with Gasteiger partial charge in [-0.3, -0.25) is 0 Å². The molecule has 1 heterocycles. The summed E-state index contributed by atoms with van der Waals surface area (Å²) in [4.78, 5) is 25.4. The zero-order valence-corrected chi connectivity index (χ0v) is 12.5. The molecule has 1 fully saturated rings. The molecule has 0 spiro atoms. The lowest BCUT2D eigenvalue weighted by atomic mass is 10.0. The summed E-state index contributed by atoms with van der Waals surface area (Å²) < 4.78 is 5.30. The van der Waals surface area contributed by atoms with Gasteiger partial charge in [-0.2, -0.15) is 0 Å². The molecule has 1 saturated heterocycles. The van der Waals surface area contributed by atoms with Crippen LogP contribution in [0.3, 0.4) is 0 Å². The molecule has 1 unspecified atom stereocenters. The number of hydrogen-bond acceptors (Lipinski definition) is 3. The molecular weight excluding hydrogens is 272 g/mol. The number of anilines is 1. The summed E-state index contributed by atoms with van der Waals surface area (Å²) in [5, 5.41) is 12.0. The molecule has 6 heteroatoms. The van der Waals surface area contributed by atoms with Gasteiger partial charge in [0.25, 0.3) is 0 Å². The molecule has 114 valence electrons. The fourth-order valence-corrected chi connectivity index (χ4v) is 2.51. The molecule has 2 N–H and O–H groups in total. The Kier molecular flexibility index (Phi) is 4.47. The number of amides is 2. The number of morpholine rings is 1. The predicted molar refractivity (Wildman–Crippen MR) is 78.9 cm³/mol. The number of aryl methyl sites for hydroxylation is 2. The number of carboxylic acid groups (broad SMARTS) is 1. The van der Waals surface area contributed by atoms with Crippen molar-refractivity contribution >= 4 is 17.7 Å². The molecule has 0 aromatic heterocycles. The minimum absolute atomic E-state index is 0.0298. The van der Waals surface area contributed by atoms with Crippen LogP contribution in [0.4, 0.5) is 10.5 Å². The average molecular weight is 292 g/mol. The van der Waals surface area contributed by atoms with Gasteiger partial charge in [0.1, 0.15) is 0 Å². The maximum atomic E-state index is 12.4. The van der Waals surface area contributed by atoms with Crippen molar-refractivity contribution in [3.63, 3.8) is 0 Å². The van der Waals surface area contributed by atoms with Crippen LogP contribution in [-0.2, 0) is 4.74 Å². The molecule has 6 nitrogen and oxygen atoms in total. The van der Waals surface area contributed by atoms with Crippen molar-refractivity contribution in [2.75, 3.05) is 25.1 Å². The fraction of sp³-hybridized carbons (Fsp3) is 0.467. The van der Waals surface area contributed by atoms with Crippen molar-refractivity contribution in [2.24, 2.45) is 0 Å². The van der Waals surface area contributed by atoms with E-state index in [4.69, 9.17) is 4.74 Å². The molecule has 0 aliphatic carbocycles. The molecule has 1 aliphatic heterocycles. The second-order valence-electron chi connectivity index (χ2n) is 5.36. The van der Waals surface area contributed by atoms with E-state index in [1.165, 1.54) is 0 Å². The Balaban J connectivity index is 2.26. The number of hydrogen-bond donors (Lipinski definition) is 2. The lowest BCUT2D eigenvalue weighted by Crippen LogP contribution is -2.49. The monoisotopic (exact) mass is 292 g/mol. The molecule has 0 bridgehead atoms. The average Bonchev–Trinajstić information content (AvgIpc) is 2.41. The van der Waals surface area contributed by atoms with Gasteiger partial charge in [-0.15, -0.1) is 0 Å². The molecule has 0 radical (unpaired) electrons. The Bertz CT molecular complexity index is 571. The van der Waals surface area contributed by atoms with Gasteiger partial charge in [-0.25, -0.2) is 9.59 Å². The normalized spacial score (nSPS) is 18.4. The third-order valence-electron chi connectivity index (χ3n) is 3.57. The number of urea groups is 1. The van der Waals surface area contributed by atoms with E-state index >= 15 is 0 Å². The third kappa shape index (κ3) is 3.33. The number of benzene rings is 1. The number of nitrogens with zero attached hydrogens (tertiary/aromatic N) is 1. The largest absolute Gasteiger partial charge is 0.478 e. The van der Waals surface area contributed by atoms with Gasteiger partial charge in [0.05, 0.1) is 30.5 Å². The summed E-state index contributed by atoms with van der Waals surface area (Å²) in [6, 6.07) is 3.09. The molecule has 0 saturated carbocycles. The highest BCUT2D eigenvalue weighted by atomic mass is 16.5. The van der Waals surface area contributed by atoms with E-state index in [-0.39, 0.29) is 17.6 Å².